The normalized spacial score (nSPS) is 12.5. The van der Waals surface area contributed by atoms with Crippen LogP contribution in [0.2, 0.25) is 0 Å². The second kappa shape index (κ2) is 56.8. The lowest BCUT2D eigenvalue weighted by molar-refractivity contribution is -0.911. The summed E-state index contributed by atoms with van der Waals surface area (Å²) >= 11 is 0. The molecule has 0 spiro atoms. The second-order valence-corrected chi connectivity index (χ2v) is 26.0. The lowest BCUT2D eigenvalue weighted by atomic mass is 10.1. The summed E-state index contributed by atoms with van der Waals surface area (Å²) in [6.45, 7) is 20.1. The van der Waals surface area contributed by atoms with Crippen LogP contribution in [-0.4, -0.2) is 116 Å². The third-order valence-corrected chi connectivity index (χ3v) is 17.1. The van der Waals surface area contributed by atoms with E-state index >= 15 is 0 Å². The van der Waals surface area contributed by atoms with Crippen LogP contribution in [0.25, 0.3) is 0 Å². The number of nitrogens with one attached hydrogen (secondary N) is 4. The molecule has 14 nitrogen and oxygen atoms in total. The van der Waals surface area contributed by atoms with E-state index in [0.717, 1.165) is 99.1 Å². The molecule has 484 valence electrons. The summed E-state index contributed by atoms with van der Waals surface area (Å²) < 4.78 is 36.0. The molecular formula is C66H136N6O8S. The average molecular weight is 1170 g/mol. The van der Waals surface area contributed by atoms with Gasteiger partial charge in [-0.05, 0) is 66.2 Å². The summed E-state index contributed by atoms with van der Waals surface area (Å²) in [5.74, 6) is 0.327. The quantitative estimate of drug-likeness (QED) is 0.0152. The molecule has 0 aliphatic rings. The zero-order valence-corrected chi connectivity index (χ0v) is 56.2. The molecule has 81 heavy (non-hydrogen) atoms. The first-order valence-electron chi connectivity index (χ1n) is 34.0. The van der Waals surface area contributed by atoms with Gasteiger partial charge in [-0.1, -0.05) is 233 Å². The Morgan fingerprint density at radius 1 is 0.321 bits per heavy atom. The van der Waals surface area contributed by atoms with E-state index in [1.54, 1.807) is 0 Å². The SMILES string of the molecule is CCCCCCCCCCCC(=O)NC(CCC(C)[N+](C)(C)CC)NC(=O)CCCCCCCCCCC.CCCCCCCCCCCC(=O)NC(CCC(C)[N+](C)(C)CC)NC(=O)CCCCCCCCCCC.O=S(=O)([O-])[O-]. The third-order valence-electron chi connectivity index (χ3n) is 17.1. The molecule has 0 radical (unpaired) electrons. The number of quaternary nitrogens is 2. The Morgan fingerprint density at radius 2 is 0.481 bits per heavy atom. The van der Waals surface area contributed by atoms with Crippen molar-refractivity contribution < 1.29 is 45.7 Å². The van der Waals surface area contributed by atoms with Gasteiger partial charge in [0.25, 0.3) is 0 Å². The molecule has 4 amide bonds. The molecule has 0 saturated carbocycles. The van der Waals surface area contributed by atoms with Crippen LogP contribution in [0.5, 0.6) is 0 Å². The fraction of sp³-hybridized carbons (Fsp3) is 0.939. The van der Waals surface area contributed by atoms with Crippen molar-refractivity contribution in [1.29, 1.82) is 0 Å². The van der Waals surface area contributed by atoms with E-state index in [-0.39, 0.29) is 36.0 Å². The number of hydrogen-bond acceptors (Lipinski definition) is 8. The summed E-state index contributed by atoms with van der Waals surface area (Å²) in [6.07, 6.45) is 50.2. The fourth-order valence-electron chi connectivity index (χ4n) is 9.95. The lowest BCUT2D eigenvalue weighted by Crippen LogP contribution is -2.51. The smallest absolute Gasteiger partial charge is 0.221 e. The molecule has 0 aliphatic heterocycles. The van der Waals surface area contributed by atoms with Gasteiger partial charge in [0.1, 0.15) is 12.3 Å². The highest BCUT2D eigenvalue weighted by molar-refractivity contribution is 7.79. The maximum Gasteiger partial charge on any atom is 0.221 e. The Hall–Kier alpha value is -2.33. The molecule has 0 aliphatic carbocycles. The molecule has 0 aromatic rings. The molecule has 0 fully saturated rings. The number of unbranched alkanes of at least 4 members (excludes halogenated alkanes) is 32. The number of hydrogen-bond donors (Lipinski definition) is 4. The Balaban J connectivity index is -0.00000138. The van der Waals surface area contributed by atoms with Crippen LogP contribution in [0, 0.1) is 0 Å². The highest BCUT2D eigenvalue weighted by Gasteiger charge is 2.26. The Kier molecular flexibility index (Phi) is 58.1. The highest BCUT2D eigenvalue weighted by atomic mass is 32.3. The minimum Gasteiger partial charge on any atom is -0.759 e. The molecule has 0 rings (SSSR count). The Bertz CT molecular complexity index is 1390. The van der Waals surface area contributed by atoms with E-state index in [1.807, 2.05) is 0 Å². The first-order chi connectivity index (χ1) is 38.5. The fourth-order valence-corrected chi connectivity index (χ4v) is 9.95. The highest BCUT2D eigenvalue weighted by Crippen LogP contribution is 2.18. The summed E-state index contributed by atoms with van der Waals surface area (Å²) in [7, 11) is 3.85. The number of rotatable bonds is 54. The summed E-state index contributed by atoms with van der Waals surface area (Å²) in [5.41, 5.74) is 0. The van der Waals surface area contributed by atoms with Gasteiger partial charge in [0.05, 0.1) is 53.4 Å². The molecule has 15 heteroatoms. The van der Waals surface area contributed by atoms with E-state index in [2.05, 4.69) is 105 Å². The van der Waals surface area contributed by atoms with Gasteiger partial charge in [0.2, 0.25) is 23.6 Å². The molecule has 2 atom stereocenters. The lowest BCUT2D eigenvalue weighted by Gasteiger charge is -2.36. The van der Waals surface area contributed by atoms with Gasteiger partial charge in [-0.3, -0.25) is 27.6 Å². The zero-order valence-electron chi connectivity index (χ0n) is 55.4. The predicted molar refractivity (Wildman–Crippen MR) is 341 cm³/mol. The molecule has 0 aromatic heterocycles. The van der Waals surface area contributed by atoms with Gasteiger partial charge in [-0.2, -0.15) is 0 Å². The van der Waals surface area contributed by atoms with Crippen molar-refractivity contribution in [2.24, 2.45) is 0 Å². The Labute approximate surface area is 502 Å². The van der Waals surface area contributed by atoms with Gasteiger partial charge in [-0.25, -0.2) is 0 Å². The van der Waals surface area contributed by atoms with Crippen molar-refractivity contribution in [3.8, 4) is 0 Å². The summed E-state index contributed by atoms with van der Waals surface area (Å²) in [5, 5.41) is 12.6. The summed E-state index contributed by atoms with van der Waals surface area (Å²) in [4.78, 5) is 50.8. The minimum atomic E-state index is -5.17. The van der Waals surface area contributed by atoms with Crippen molar-refractivity contribution in [3.63, 3.8) is 0 Å². The van der Waals surface area contributed by atoms with Crippen molar-refractivity contribution in [1.82, 2.24) is 21.3 Å². The Morgan fingerprint density at radius 3 is 0.642 bits per heavy atom. The van der Waals surface area contributed by atoms with E-state index in [0.29, 0.717) is 37.8 Å². The molecule has 0 heterocycles. The van der Waals surface area contributed by atoms with Crippen LogP contribution in [-0.2, 0) is 29.6 Å². The van der Waals surface area contributed by atoms with E-state index < -0.39 is 10.4 Å². The van der Waals surface area contributed by atoms with E-state index in [1.165, 1.54) is 180 Å². The van der Waals surface area contributed by atoms with Crippen molar-refractivity contribution in [3.05, 3.63) is 0 Å². The standard InChI is InChI=1S/2C33H67N3O2.H2O4S/c2*1-7-10-12-14-16-18-20-22-24-26-32(37)34-31(29-28-30(4)36(5,6)9-3)35-33(38)27-25-23-21-19-17-15-13-11-8-2;1-5(2,3)4/h2*30-31H,7-29H2,1-6H3,(H-,34,35,37,38);(H2,1,2,3,4). The summed E-state index contributed by atoms with van der Waals surface area (Å²) in [6, 6.07) is 0.955. The molecule has 0 aromatic carbocycles. The first-order valence-corrected chi connectivity index (χ1v) is 35.4. The first kappa shape index (κ1) is 82.9. The molecule has 2 unspecified atom stereocenters. The molecule has 0 bridgehead atoms. The minimum absolute atomic E-state index is 0.0817. The van der Waals surface area contributed by atoms with Crippen molar-refractivity contribution in [2.45, 2.75) is 362 Å². The number of nitrogens with zero attached hydrogens (tertiary/aromatic N) is 2. The van der Waals surface area contributed by atoms with Gasteiger partial charge >= 0.3 is 0 Å². The number of carbonyl (C=O) groups excluding carboxylic acids is 4. The average Bonchev–Trinajstić information content (AvgIpc) is 3.41. The molecular weight excluding hydrogens is 1040 g/mol. The van der Waals surface area contributed by atoms with Crippen molar-refractivity contribution >= 4 is 34.0 Å². The van der Waals surface area contributed by atoms with Crippen LogP contribution < -0.4 is 21.3 Å². The third kappa shape index (κ3) is 60.6. The predicted octanol–water partition coefficient (Wildman–Crippen LogP) is 16.0. The van der Waals surface area contributed by atoms with Crippen LogP contribution in [0.3, 0.4) is 0 Å². The van der Waals surface area contributed by atoms with Gasteiger partial charge in [0.15, 0.2) is 0 Å². The topological polar surface area (TPSA) is 197 Å². The molecule has 4 N–H and O–H groups in total. The maximum atomic E-state index is 12.7. The molecule has 0 saturated heterocycles. The van der Waals surface area contributed by atoms with Crippen LogP contribution in [0.15, 0.2) is 0 Å². The van der Waals surface area contributed by atoms with Crippen LogP contribution in [0.4, 0.5) is 0 Å². The van der Waals surface area contributed by atoms with E-state index in [4.69, 9.17) is 17.5 Å². The van der Waals surface area contributed by atoms with Crippen LogP contribution >= 0.6 is 0 Å². The largest absolute Gasteiger partial charge is 0.759 e. The van der Waals surface area contributed by atoms with E-state index in [9.17, 15) is 19.2 Å². The number of carbonyl (C=O) groups is 4. The van der Waals surface area contributed by atoms with Gasteiger partial charge in [0, 0.05) is 48.9 Å². The van der Waals surface area contributed by atoms with Crippen molar-refractivity contribution in [2.75, 3.05) is 41.3 Å². The zero-order chi connectivity index (χ0) is 61.5. The second-order valence-electron chi connectivity index (χ2n) is 25.1. The monoisotopic (exact) mass is 1170 g/mol. The van der Waals surface area contributed by atoms with Gasteiger partial charge < -0.3 is 39.3 Å². The number of amides is 4. The van der Waals surface area contributed by atoms with Gasteiger partial charge in [-0.15, -0.1) is 0 Å². The maximum absolute atomic E-state index is 12.7. The van der Waals surface area contributed by atoms with Crippen LogP contribution in [0.1, 0.15) is 338 Å².